The third-order valence-corrected chi connectivity index (χ3v) is 5.00. The maximum Gasteiger partial charge on any atom is 0.306 e. The van der Waals surface area contributed by atoms with E-state index in [0.29, 0.717) is 12.8 Å². The van der Waals surface area contributed by atoms with Crippen LogP contribution in [0.15, 0.2) is 0 Å². The van der Waals surface area contributed by atoms with Crippen LogP contribution in [0.25, 0.3) is 0 Å². The molecule has 25 heavy (non-hydrogen) atoms. The number of carbonyl (C=O) groups is 1. The lowest BCUT2D eigenvalue weighted by molar-refractivity contribution is -0.143. The SMILES string of the molecule is CCCCCCCCCCC([C](CC(C)O)CC(C)O)C(C)C(=O)O. The summed E-state index contributed by atoms with van der Waals surface area (Å²) in [5.74, 6) is -0.333. The molecule has 4 nitrogen and oxygen atoms in total. The summed E-state index contributed by atoms with van der Waals surface area (Å²) < 4.78 is 0. The average molecular weight is 358 g/mol. The van der Waals surface area contributed by atoms with E-state index in [1.807, 2.05) is 0 Å². The van der Waals surface area contributed by atoms with Gasteiger partial charge in [-0.1, -0.05) is 65.2 Å². The van der Waals surface area contributed by atoms with Gasteiger partial charge in [-0.15, -0.1) is 0 Å². The quantitative estimate of drug-likeness (QED) is 0.341. The summed E-state index contributed by atoms with van der Waals surface area (Å²) in [6.45, 7) is 7.42. The average Bonchev–Trinajstić information content (AvgIpc) is 2.51. The molecule has 0 aromatic carbocycles. The molecule has 4 atom stereocenters. The van der Waals surface area contributed by atoms with Crippen molar-refractivity contribution in [2.45, 2.75) is 111 Å². The fourth-order valence-electron chi connectivity index (χ4n) is 3.62. The van der Waals surface area contributed by atoms with E-state index in [0.717, 1.165) is 25.2 Å². The molecule has 0 aliphatic heterocycles. The van der Waals surface area contributed by atoms with Gasteiger partial charge in [0.05, 0.1) is 18.1 Å². The molecule has 0 aromatic rings. The molecule has 0 fully saturated rings. The van der Waals surface area contributed by atoms with Crippen LogP contribution >= 0.6 is 0 Å². The summed E-state index contributed by atoms with van der Waals surface area (Å²) in [7, 11) is 0. The van der Waals surface area contributed by atoms with Crippen molar-refractivity contribution in [1.29, 1.82) is 0 Å². The van der Waals surface area contributed by atoms with Crippen LogP contribution in [-0.4, -0.2) is 33.5 Å². The molecular weight excluding hydrogens is 316 g/mol. The first-order chi connectivity index (χ1) is 11.8. The van der Waals surface area contributed by atoms with Gasteiger partial charge in [0.1, 0.15) is 0 Å². The van der Waals surface area contributed by atoms with E-state index in [1.54, 1.807) is 20.8 Å². The molecule has 4 heteroatoms. The normalized spacial score (nSPS) is 16.6. The van der Waals surface area contributed by atoms with E-state index in [9.17, 15) is 20.1 Å². The van der Waals surface area contributed by atoms with Crippen molar-refractivity contribution >= 4 is 5.97 Å². The predicted molar refractivity (Wildman–Crippen MR) is 103 cm³/mol. The zero-order valence-electron chi connectivity index (χ0n) is 16.8. The van der Waals surface area contributed by atoms with Gasteiger partial charge in [0, 0.05) is 0 Å². The Morgan fingerprint density at radius 3 is 1.64 bits per heavy atom. The Balaban J connectivity index is 4.51. The molecule has 0 aromatic heterocycles. The highest BCUT2D eigenvalue weighted by Crippen LogP contribution is 2.35. The molecule has 3 N–H and O–H groups in total. The minimum Gasteiger partial charge on any atom is -0.481 e. The van der Waals surface area contributed by atoms with Gasteiger partial charge in [-0.25, -0.2) is 0 Å². The Morgan fingerprint density at radius 1 is 0.800 bits per heavy atom. The van der Waals surface area contributed by atoms with Crippen molar-refractivity contribution in [2.75, 3.05) is 0 Å². The van der Waals surface area contributed by atoms with Crippen LogP contribution in [0.3, 0.4) is 0 Å². The van der Waals surface area contributed by atoms with E-state index < -0.39 is 24.1 Å². The van der Waals surface area contributed by atoms with Gasteiger partial charge in [-0.3, -0.25) is 4.79 Å². The van der Waals surface area contributed by atoms with E-state index >= 15 is 0 Å². The zero-order chi connectivity index (χ0) is 19.2. The summed E-state index contributed by atoms with van der Waals surface area (Å²) >= 11 is 0. The number of hydrogen-bond donors (Lipinski definition) is 3. The number of unbranched alkanes of at least 4 members (excludes halogenated alkanes) is 7. The highest BCUT2D eigenvalue weighted by atomic mass is 16.4. The first-order valence-electron chi connectivity index (χ1n) is 10.2. The van der Waals surface area contributed by atoms with Crippen LogP contribution in [0.4, 0.5) is 0 Å². The van der Waals surface area contributed by atoms with Gasteiger partial charge in [0.15, 0.2) is 0 Å². The van der Waals surface area contributed by atoms with Crippen LogP contribution in [0, 0.1) is 17.8 Å². The van der Waals surface area contributed by atoms with E-state index in [2.05, 4.69) is 6.92 Å². The zero-order valence-corrected chi connectivity index (χ0v) is 16.8. The van der Waals surface area contributed by atoms with Gasteiger partial charge in [0.2, 0.25) is 0 Å². The number of hydrogen-bond acceptors (Lipinski definition) is 3. The van der Waals surface area contributed by atoms with Crippen molar-refractivity contribution in [2.24, 2.45) is 11.8 Å². The second-order valence-corrected chi connectivity index (χ2v) is 7.76. The molecular formula is C21H41O4. The molecule has 0 heterocycles. The molecule has 0 rings (SSSR count). The molecule has 4 unspecified atom stereocenters. The lowest BCUT2D eigenvalue weighted by Crippen LogP contribution is -2.30. The summed E-state index contributed by atoms with van der Waals surface area (Å²) in [6, 6.07) is 0. The second kappa shape index (κ2) is 14.5. The topological polar surface area (TPSA) is 77.8 Å². The highest BCUT2D eigenvalue weighted by molar-refractivity contribution is 5.70. The Morgan fingerprint density at radius 2 is 1.24 bits per heavy atom. The fraction of sp³-hybridized carbons (Fsp3) is 0.905. The standard InChI is InChI=1S/C21H41O4/c1-5-6-7-8-9-10-11-12-13-20(18(4)21(24)25)19(14-16(2)22)15-17(3)23/h16-18,20,22-23H,5-15H2,1-4H3,(H,24,25). The molecule has 0 spiro atoms. The van der Waals surface area contributed by atoms with E-state index in [1.165, 1.54) is 38.5 Å². The van der Waals surface area contributed by atoms with Gasteiger partial charge in [-0.05, 0) is 44.9 Å². The first kappa shape index (κ1) is 24.4. The third kappa shape index (κ3) is 12.4. The van der Waals surface area contributed by atoms with Crippen molar-refractivity contribution < 1.29 is 20.1 Å². The highest BCUT2D eigenvalue weighted by Gasteiger charge is 2.32. The lowest BCUT2D eigenvalue weighted by atomic mass is 9.74. The number of rotatable bonds is 16. The Hall–Kier alpha value is -0.610. The van der Waals surface area contributed by atoms with Gasteiger partial charge in [0.25, 0.3) is 0 Å². The molecule has 0 saturated carbocycles. The number of aliphatic hydroxyl groups excluding tert-OH is 2. The van der Waals surface area contributed by atoms with Crippen LogP contribution in [-0.2, 0) is 4.79 Å². The summed E-state index contributed by atoms with van der Waals surface area (Å²) in [6.07, 6.45) is 10.6. The first-order valence-corrected chi connectivity index (χ1v) is 10.2. The largest absolute Gasteiger partial charge is 0.481 e. The minimum atomic E-state index is -0.793. The second-order valence-electron chi connectivity index (χ2n) is 7.76. The van der Waals surface area contributed by atoms with Gasteiger partial charge < -0.3 is 15.3 Å². The Labute approximate surface area is 155 Å². The molecule has 149 valence electrons. The number of carboxylic acids is 1. The van der Waals surface area contributed by atoms with Crippen molar-refractivity contribution in [3.8, 4) is 0 Å². The number of aliphatic hydroxyl groups is 2. The van der Waals surface area contributed by atoms with Gasteiger partial charge in [-0.2, -0.15) is 0 Å². The van der Waals surface area contributed by atoms with Crippen LogP contribution in [0.5, 0.6) is 0 Å². The maximum absolute atomic E-state index is 11.5. The predicted octanol–water partition coefficient (Wildman–Crippen LogP) is 4.97. The molecule has 0 saturated heterocycles. The lowest BCUT2D eigenvalue weighted by Gasteiger charge is -2.31. The maximum atomic E-state index is 11.5. The molecule has 0 aliphatic carbocycles. The Kier molecular flexibility index (Phi) is 14.2. The monoisotopic (exact) mass is 357 g/mol. The van der Waals surface area contributed by atoms with E-state index in [-0.39, 0.29) is 5.92 Å². The number of aliphatic carboxylic acids is 1. The fourth-order valence-corrected chi connectivity index (χ4v) is 3.62. The van der Waals surface area contributed by atoms with Crippen molar-refractivity contribution in [3.63, 3.8) is 0 Å². The number of carboxylic acid groups (broad SMARTS) is 1. The van der Waals surface area contributed by atoms with Crippen LogP contribution in [0.2, 0.25) is 0 Å². The van der Waals surface area contributed by atoms with E-state index in [4.69, 9.17) is 0 Å². The smallest absolute Gasteiger partial charge is 0.306 e. The molecule has 0 aliphatic rings. The third-order valence-electron chi connectivity index (χ3n) is 5.00. The summed E-state index contributed by atoms with van der Waals surface area (Å²) in [5.41, 5.74) is 0. The summed E-state index contributed by atoms with van der Waals surface area (Å²) in [5, 5.41) is 29.0. The Bertz CT molecular complexity index is 318. The van der Waals surface area contributed by atoms with Crippen molar-refractivity contribution in [3.05, 3.63) is 5.92 Å². The molecule has 1 radical (unpaired) electrons. The minimum absolute atomic E-state index is 0.0678. The van der Waals surface area contributed by atoms with Gasteiger partial charge >= 0.3 is 5.97 Å². The van der Waals surface area contributed by atoms with Crippen LogP contribution in [0.1, 0.15) is 98.3 Å². The van der Waals surface area contributed by atoms with Crippen molar-refractivity contribution in [1.82, 2.24) is 0 Å². The summed E-state index contributed by atoms with van der Waals surface area (Å²) in [4.78, 5) is 11.5. The van der Waals surface area contributed by atoms with Crippen LogP contribution < -0.4 is 0 Å². The molecule has 0 bridgehead atoms. The molecule has 0 amide bonds.